The van der Waals surface area contributed by atoms with Crippen molar-refractivity contribution in [2.45, 2.75) is 37.0 Å². The quantitative estimate of drug-likeness (QED) is 0.633. The standard InChI is InChI=1S/C21H24N4OS/c1-15(2)27-19-6-4-16(5-7-19)11-21(26)23-13-17-10-18(14-22-12-17)20-8-9-24-25(20)3/h4-10,12,14-15H,11,13H2,1-3H3,(H,23,26). The van der Waals surface area contributed by atoms with Gasteiger partial charge in [0, 0.05) is 47.9 Å². The van der Waals surface area contributed by atoms with E-state index in [1.165, 1.54) is 4.90 Å². The van der Waals surface area contributed by atoms with Gasteiger partial charge >= 0.3 is 0 Å². The minimum Gasteiger partial charge on any atom is -0.352 e. The molecule has 0 aliphatic heterocycles. The monoisotopic (exact) mass is 380 g/mol. The normalized spacial score (nSPS) is 11.0. The average Bonchev–Trinajstić information content (AvgIpc) is 3.07. The number of carbonyl (C=O) groups is 1. The molecule has 2 heterocycles. The van der Waals surface area contributed by atoms with Gasteiger partial charge in [-0.15, -0.1) is 11.8 Å². The van der Waals surface area contributed by atoms with E-state index in [0.29, 0.717) is 18.2 Å². The van der Waals surface area contributed by atoms with Crippen molar-refractivity contribution in [2.24, 2.45) is 7.05 Å². The predicted molar refractivity (Wildman–Crippen MR) is 109 cm³/mol. The molecule has 3 rings (SSSR count). The molecule has 3 aromatic rings. The third kappa shape index (κ3) is 5.44. The Labute approximate surface area is 164 Å². The summed E-state index contributed by atoms with van der Waals surface area (Å²) >= 11 is 1.82. The Balaban J connectivity index is 1.56. The molecule has 2 aromatic heterocycles. The fourth-order valence-electron chi connectivity index (χ4n) is 2.79. The van der Waals surface area contributed by atoms with Crippen molar-refractivity contribution in [3.63, 3.8) is 0 Å². The Morgan fingerprint density at radius 2 is 1.93 bits per heavy atom. The molecule has 5 nitrogen and oxygen atoms in total. The Bertz CT molecular complexity index is 903. The number of benzene rings is 1. The van der Waals surface area contributed by atoms with Crippen molar-refractivity contribution in [3.8, 4) is 11.3 Å². The summed E-state index contributed by atoms with van der Waals surface area (Å²) in [4.78, 5) is 17.8. The lowest BCUT2D eigenvalue weighted by molar-refractivity contribution is -0.120. The van der Waals surface area contributed by atoms with Gasteiger partial charge in [-0.1, -0.05) is 26.0 Å². The van der Waals surface area contributed by atoms with Crippen LogP contribution in [0, 0.1) is 0 Å². The highest BCUT2D eigenvalue weighted by atomic mass is 32.2. The Kier molecular flexibility index (Phi) is 6.29. The molecule has 1 amide bonds. The van der Waals surface area contributed by atoms with E-state index in [-0.39, 0.29) is 5.91 Å². The number of nitrogens with zero attached hydrogens (tertiary/aromatic N) is 3. The van der Waals surface area contributed by atoms with Gasteiger partial charge in [0.25, 0.3) is 0 Å². The molecule has 0 fully saturated rings. The van der Waals surface area contributed by atoms with Crippen molar-refractivity contribution in [3.05, 3.63) is 66.1 Å². The molecular formula is C21H24N4OS. The molecule has 0 unspecified atom stereocenters. The average molecular weight is 381 g/mol. The summed E-state index contributed by atoms with van der Waals surface area (Å²) in [5.74, 6) is 0.00481. The lowest BCUT2D eigenvalue weighted by Crippen LogP contribution is -2.24. The van der Waals surface area contributed by atoms with Crippen molar-refractivity contribution >= 4 is 17.7 Å². The number of aryl methyl sites for hydroxylation is 1. The Morgan fingerprint density at radius 3 is 2.59 bits per heavy atom. The number of carbonyl (C=O) groups excluding carboxylic acids is 1. The van der Waals surface area contributed by atoms with E-state index >= 15 is 0 Å². The Hall–Kier alpha value is -2.60. The minimum atomic E-state index is 0.00481. The van der Waals surface area contributed by atoms with Gasteiger partial charge in [-0.3, -0.25) is 14.5 Å². The second kappa shape index (κ2) is 8.86. The number of amides is 1. The number of hydrogen-bond donors (Lipinski definition) is 1. The van der Waals surface area contributed by atoms with Crippen LogP contribution in [-0.2, 0) is 24.8 Å². The summed E-state index contributed by atoms with van der Waals surface area (Å²) in [7, 11) is 1.90. The Morgan fingerprint density at radius 1 is 1.15 bits per heavy atom. The summed E-state index contributed by atoms with van der Waals surface area (Å²) in [5, 5.41) is 7.71. The highest BCUT2D eigenvalue weighted by Gasteiger charge is 2.07. The zero-order chi connectivity index (χ0) is 19.2. The molecule has 0 spiro atoms. The molecule has 6 heteroatoms. The first kappa shape index (κ1) is 19.2. The molecule has 0 bridgehead atoms. The second-order valence-corrected chi connectivity index (χ2v) is 8.34. The number of hydrogen-bond acceptors (Lipinski definition) is 4. The molecule has 140 valence electrons. The number of pyridine rings is 1. The van der Waals surface area contributed by atoms with Crippen LogP contribution >= 0.6 is 11.8 Å². The van der Waals surface area contributed by atoms with Crippen molar-refractivity contribution in [1.29, 1.82) is 0 Å². The largest absolute Gasteiger partial charge is 0.352 e. The number of aromatic nitrogens is 3. The van der Waals surface area contributed by atoms with Gasteiger partial charge < -0.3 is 5.32 Å². The van der Waals surface area contributed by atoms with E-state index in [4.69, 9.17) is 0 Å². The molecule has 0 aliphatic carbocycles. The molecule has 27 heavy (non-hydrogen) atoms. The maximum atomic E-state index is 12.3. The van der Waals surface area contributed by atoms with E-state index in [1.54, 1.807) is 23.3 Å². The highest BCUT2D eigenvalue weighted by molar-refractivity contribution is 7.99. The van der Waals surface area contributed by atoms with Gasteiger partial charge in [-0.2, -0.15) is 5.10 Å². The van der Waals surface area contributed by atoms with Crippen molar-refractivity contribution < 1.29 is 4.79 Å². The molecule has 1 aromatic carbocycles. The van der Waals surface area contributed by atoms with Gasteiger partial charge in [0.05, 0.1) is 12.1 Å². The molecule has 0 saturated carbocycles. The predicted octanol–water partition coefficient (Wildman–Crippen LogP) is 3.84. The summed E-state index contributed by atoms with van der Waals surface area (Å²) in [6, 6.07) is 12.2. The van der Waals surface area contributed by atoms with Crippen LogP contribution < -0.4 is 5.32 Å². The summed E-state index contributed by atoms with van der Waals surface area (Å²) < 4.78 is 1.81. The van der Waals surface area contributed by atoms with Crippen LogP contribution in [0.4, 0.5) is 0 Å². The van der Waals surface area contributed by atoms with Gasteiger partial charge in [-0.05, 0) is 35.4 Å². The number of nitrogens with one attached hydrogen (secondary N) is 1. The minimum absolute atomic E-state index is 0.00481. The maximum absolute atomic E-state index is 12.3. The first-order valence-electron chi connectivity index (χ1n) is 8.96. The van der Waals surface area contributed by atoms with Crippen LogP contribution in [-0.4, -0.2) is 25.9 Å². The summed E-state index contributed by atoms with van der Waals surface area (Å²) in [6.07, 6.45) is 5.72. The van der Waals surface area contributed by atoms with Crippen LogP contribution in [0.15, 0.2) is 59.9 Å². The van der Waals surface area contributed by atoms with Crippen LogP contribution in [0.2, 0.25) is 0 Å². The van der Waals surface area contributed by atoms with Crippen molar-refractivity contribution in [2.75, 3.05) is 0 Å². The lowest BCUT2D eigenvalue weighted by Gasteiger charge is -2.08. The van der Waals surface area contributed by atoms with Crippen LogP contribution in [0.3, 0.4) is 0 Å². The molecule has 1 N–H and O–H groups in total. The van der Waals surface area contributed by atoms with Gasteiger partial charge in [-0.25, -0.2) is 0 Å². The zero-order valence-electron chi connectivity index (χ0n) is 15.8. The first-order chi connectivity index (χ1) is 13.0. The first-order valence-corrected chi connectivity index (χ1v) is 9.84. The van der Waals surface area contributed by atoms with Crippen molar-refractivity contribution in [1.82, 2.24) is 20.1 Å². The molecule has 0 atom stereocenters. The van der Waals surface area contributed by atoms with Gasteiger partial charge in [0.1, 0.15) is 0 Å². The van der Waals surface area contributed by atoms with E-state index < -0.39 is 0 Å². The van der Waals surface area contributed by atoms with E-state index in [9.17, 15) is 4.79 Å². The SMILES string of the molecule is CC(C)Sc1ccc(CC(=O)NCc2cncc(-c3ccnn3C)c2)cc1. The molecule has 0 radical (unpaired) electrons. The third-order valence-corrected chi connectivity index (χ3v) is 5.08. The smallest absolute Gasteiger partial charge is 0.224 e. The van der Waals surface area contributed by atoms with Gasteiger partial charge in [0.2, 0.25) is 5.91 Å². The van der Waals surface area contributed by atoms with E-state index in [0.717, 1.165) is 22.4 Å². The van der Waals surface area contributed by atoms with E-state index in [2.05, 4.69) is 41.4 Å². The summed E-state index contributed by atoms with van der Waals surface area (Å²) in [6.45, 7) is 4.80. The fourth-order valence-corrected chi connectivity index (χ4v) is 3.63. The molecule has 0 saturated heterocycles. The maximum Gasteiger partial charge on any atom is 0.224 e. The topological polar surface area (TPSA) is 59.8 Å². The summed E-state index contributed by atoms with van der Waals surface area (Å²) in [5.41, 5.74) is 3.96. The second-order valence-electron chi connectivity index (χ2n) is 6.69. The van der Waals surface area contributed by atoms with Crippen LogP contribution in [0.1, 0.15) is 25.0 Å². The van der Waals surface area contributed by atoms with Crippen LogP contribution in [0.5, 0.6) is 0 Å². The van der Waals surface area contributed by atoms with Gasteiger partial charge in [0.15, 0.2) is 0 Å². The third-order valence-electron chi connectivity index (χ3n) is 4.06. The zero-order valence-corrected chi connectivity index (χ0v) is 16.7. The molecular weight excluding hydrogens is 356 g/mol. The highest BCUT2D eigenvalue weighted by Crippen LogP contribution is 2.23. The van der Waals surface area contributed by atoms with E-state index in [1.807, 2.05) is 43.1 Å². The van der Waals surface area contributed by atoms with Crippen LogP contribution in [0.25, 0.3) is 11.3 Å². The number of rotatable bonds is 7. The number of thioether (sulfide) groups is 1. The molecule has 0 aliphatic rings. The fraction of sp³-hybridized carbons (Fsp3) is 0.286. The lowest BCUT2D eigenvalue weighted by atomic mass is 10.1.